The van der Waals surface area contributed by atoms with E-state index >= 15 is 0 Å². The van der Waals surface area contributed by atoms with Gasteiger partial charge in [-0.25, -0.2) is 4.79 Å². The summed E-state index contributed by atoms with van der Waals surface area (Å²) in [4.78, 5) is 23.0. The second kappa shape index (κ2) is 8.02. The maximum Gasteiger partial charge on any atom is 0.407 e. The van der Waals surface area contributed by atoms with E-state index in [0.717, 1.165) is 12.8 Å². The molecule has 2 atom stereocenters. The van der Waals surface area contributed by atoms with Gasteiger partial charge >= 0.3 is 6.09 Å². The molecule has 0 unspecified atom stereocenters. The number of nitrogens with one attached hydrogen (secondary N) is 2. The maximum atomic E-state index is 11.7. The van der Waals surface area contributed by atoms with Crippen LogP contribution in [0.15, 0.2) is 0 Å². The lowest BCUT2D eigenvalue weighted by Gasteiger charge is -2.29. The van der Waals surface area contributed by atoms with Gasteiger partial charge in [-0.2, -0.15) is 0 Å². The Kier molecular flexibility index (Phi) is 6.67. The summed E-state index contributed by atoms with van der Waals surface area (Å²) in [7, 11) is 0. The Morgan fingerprint density at radius 2 is 1.95 bits per heavy atom. The summed E-state index contributed by atoms with van der Waals surface area (Å²) in [5.74, 6) is 0.675. The number of hydrogen-bond acceptors (Lipinski definition) is 3. The van der Waals surface area contributed by atoms with Crippen LogP contribution in [0.5, 0.6) is 0 Å². The third-order valence-electron chi connectivity index (χ3n) is 3.40. The minimum atomic E-state index is -0.527. The van der Waals surface area contributed by atoms with E-state index in [1.807, 2.05) is 13.8 Å². The number of amides is 2. The number of carbonyl (C=O) groups is 2. The molecule has 1 fully saturated rings. The molecule has 0 saturated heterocycles. The minimum Gasteiger partial charge on any atom is -0.449 e. The molecule has 0 aliphatic heterocycles. The van der Waals surface area contributed by atoms with Crippen molar-refractivity contribution in [3.8, 4) is 0 Å². The van der Waals surface area contributed by atoms with E-state index in [2.05, 4.69) is 17.6 Å². The van der Waals surface area contributed by atoms with E-state index in [0.29, 0.717) is 18.4 Å². The Morgan fingerprint density at radius 1 is 1.26 bits per heavy atom. The molecule has 0 radical (unpaired) electrons. The van der Waals surface area contributed by atoms with Gasteiger partial charge in [0.05, 0.1) is 6.61 Å². The van der Waals surface area contributed by atoms with Crippen molar-refractivity contribution in [2.75, 3.05) is 13.2 Å². The first-order chi connectivity index (χ1) is 8.99. The SMILES string of the molecule is CC(C)COC(=O)NCC(=O)N[C@H]1CCCC[C@@H]1C. The highest BCUT2D eigenvalue weighted by atomic mass is 16.5. The third kappa shape index (κ3) is 6.45. The topological polar surface area (TPSA) is 67.4 Å². The molecule has 2 N–H and O–H groups in total. The molecular weight excluding hydrogens is 244 g/mol. The van der Waals surface area contributed by atoms with Crippen molar-refractivity contribution in [2.45, 2.75) is 52.5 Å². The molecule has 19 heavy (non-hydrogen) atoms. The molecule has 5 heteroatoms. The minimum absolute atomic E-state index is 0.0137. The van der Waals surface area contributed by atoms with Crippen LogP contribution < -0.4 is 10.6 Å². The monoisotopic (exact) mass is 270 g/mol. The van der Waals surface area contributed by atoms with E-state index in [9.17, 15) is 9.59 Å². The van der Waals surface area contributed by atoms with Gasteiger partial charge in [0, 0.05) is 6.04 Å². The Labute approximate surface area is 115 Å². The fourth-order valence-electron chi connectivity index (χ4n) is 2.23. The molecule has 1 saturated carbocycles. The average Bonchev–Trinajstić information content (AvgIpc) is 2.36. The zero-order chi connectivity index (χ0) is 14.3. The van der Waals surface area contributed by atoms with Crippen LogP contribution in [0.2, 0.25) is 0 Å². The first kappa shape index (κ1) is 15.8. The lowest BCUT2D eigenvalue weighted by molar-refractivity contribution is -0.121. The van der Waals surface area contributed by atoms with E-state index in [1.54, 1.807) is 0 Å². The molecule has 0 heterocycles. The molecule has 1 aliphatic rings. The molecular formula is C14H26N2O3. The summed E-state index contributed by atoms with van der Waals surface area (Å²) in [5, 5.41) is 5.45. The summed E-state index contributed by atoms with van der Waals surface area (Å²) in [6, 6.07) is 0.245. The van der Waals surface area contributed by atoms with Gasteiger partial charge in [-0.3, -0.25) is 4.79 Å². The molecule has 0 aromatic rings. The highest BCUT2D eigenvalue weighted by Crippen LogP contribution is 2.23. The van der Waals surface area contributed by atoms with Crippen molar-refractivity contribution in [1.29, 1.82) is 0 Å². The van der Waals surface area contributed by atoms with Crippen LogP contribution >= 0.6 is 0 Å². The Bertz CT molecular complexity index is 305. The number of carbonyl (C=O) groups excluding carboxylic acids is 2. The quantitative estimate of drug-likeness (QED) is 0.803. The molecule has 0 aromatic carbocycles. The number of alkyl carbamates (subject to hydrolysis) is 1. The van der Waals surface area contributed by atoms with Crippen LogP contribution in [0.25, 0.3) is 0 Å². The van der Waals surface area contributed by atoms with Gasteiger partial charge in [0.15, 0.2) is 0 Å². The van der Waals surface area contributed by atoms with E-state index in [4.69, 9.17) is 4.74 Å². The first-order valence-corrected chi connectivity index (χ1v) is 7.19. The van der Waals surface area contributed by atoms with Crippen LogP contribution in [0.3, 0.4) is 0 Å². The van der Waals surface area contributed by atoms with Crippen LogP contribution in [0, 0.1) is 11.8 Å². The van der Waals surface area contributed by atoms with Crippen LogP contribution in [0.1, 0.15) is 46.5 Å². The molecule has 1 aliphatic carbocycles. The molecule has 1 rings (SSSR count). The van der Waals surface area contributed by atoms with Crippen molar-refractivity contribution in [2.24, 2.45) is 11.8 Å². The van der Waals surface area contributed by atoms with Crippen LogP contribution in [-0.2, 0) is 9.53 Å². The van der Waals surface area contributed by atoms with Crippen molar-refractivity contribution >= 4 is 12.0 Å². The maximum absolute atomic E-state index is 11.7. The Morgan fingerprint density at radius 3 is 2.58 bits per heavy atom. The molecule has 2 amide bonds. The largest absolute Gasteiger partial charge is 0.449 e. The fourth-order valence-corrected chi connectivity index (χ4v) is 2.23. The van der Waals surface area contributed by atoms with Crippen LogP contribution in [0.4, 0.5) is 4.79 Å². The van der Waals surface area contributed by atoms with Gasteiger partial charge in [-0.05, 0) is 24.7 Å². The van der Waals surface area contributed by atoms with Gasteiger partial charge in [-0.15, -0.1) is 0 Å². The summed E-state index contributed by atoms with van der Waals surface area (Å²) < 4.78 is 4.93. The summed E-state index contributed by atoms with van der Waals surface area (Å²) in [6.07, 6.45) is 4.08. The molecule has 110 valence electrons. The summed E-state index contributed by atoms with van der Waals surface area (Å²) in [6.45, 7) is 6.44. The van der Waals surface area contributed by atoms with Gasteiger partial charge in [0.25, 0.3) is 0 Å². The van der Waals surface area contributed by atoms with Gasteiger partial charge in [-0.1, -0.05) is 33.6 Å². The van der Waals surface area contributed by atoms with Gasteiger partial charge < -0.3 is 15.4 Å². The Hall–Kier alpha value is -1.26. The first-order valence-electron chi connectivity index (χ1n) is 7.19. The molecule has 0 aromatic heterocycles. The van der Waals surface area contributed by atoms with Crippen molar-refractivity contribution in [3.63, 3.8) is 0 Å². The molecule has 0 bridgehead atoms. The van der Waals surface area contributed by atoms with E-state index in [-0.39, 0.29) is 18.5 Å². The Balaban J connectivity index is 2.18. The van der Waals surface area contributed by atoms with Crippen LogP contribution in [-0.4, -0.2) is 31.2 Å². The number of ether oxygens (including phenoxy) is 1. The summed E-state index contributed by atoms with van der Waals surface area (Å²) >= 11 is 0. The second-order valence-electron chi connectivity index (χ2n) is 5.78. The zero-order valence-electron chi connectivity index (χ0n) is 12.2. The highest BCUT2D eigenvalue weighted by molar-refractivity contribution is 5.82. The summed E-state index contributed by atoms with van der Waals surface area (Å²) in [5.41, 5.74) is 0. The van der Waals surface area contributed by atoms with Crippen molar-refractivity contribution in [1.82, 2.24) is 10.6 Å². The predicted octanol–water partition coefficient (Wildman–Crippen LogP) is 2.06. The number of rotatable bonds is 5. The van der Waals surface area contributed by atoms with Crippen molar-refractivity contribution in [3.05, 3.63) is 0 Å². The smallest absolute Gasteiger partial charge is 0.407 e. The standard InChI is InChI=1S/C14H26N2O3/c1-10(2)9-19-14(18)15-8-13(17)16-12-7-5-4-6-11(12)3/h10-12H,4-9H2,1-3H3,(H,15,18)(H,16,17)/t11-,12-/m0/s1. The third-order valence-corrected chi connectivity index (χ3v) is 3.40. The van der Waals surface area contributed by atoms with Gasteiger partial charge in [0.2, 0.25) is 5.91 Å². The molecule has 0 spiro atoms. The highest BCUT2D eigenvalue weighted by Gasteiger charge is 2.22. The van der Waals surface area contributed by atoms with Gasteiger partial charge in [0.1, 0.15) is 6.54 Å². The van der Waals surface area contributed by atoms with E-state index < -0.39 is 6.09 Å². The normalized spacial score (nSPS) is 22.9. The predicted molar refractivity (Wildman–Crippen MR) is 73.8 cm³/mol. The number of hydrogen-bond donors (Lipinski definition) is 2. The van der Waals surface area contributed by atoms with Crippen molar-refractivity contribution < 1.29 is 14.3 Å². The lowest BCUT2D eigenvalue weighted by atomic mass is 9.86. The lowest BCUT2D eigenvalue weighted by Crippen LogP contribution is -2.45. The fraction of sp³-hybridized carbons (Fsp3) is 0.857. The second-order valence-corrected chi connectivity index (χ2v) is 5.78. The average molecular weight is 270 g/mol. The molecule has 5 nitrogen and oxygen atoms in total. The van der Waals surface area contributed by atoms with E-state index in [1.165, 1.54) is 12.8 Å². The zero-order valence-corrected chi connectivity index (χ0v) is 12.2.